The molecule has 29 heavy (non-hydrogen) atoms. The van der Waals surface area contributed by atoms with Gasteiger partial charge in [-0.25, -0.2) is 4.79 Å². The van der Waals surface area contributed by atoms with Crippen LogP contribution in [0.3, 0.4) is 0 Å². The van der Waals surface area contributed by atoms with Gasteiger partial charge in [-0.3, -0.25) is 14.9 Å². The summed E-state index contributed by atoms with van der Waals surface area (Å²) in [7, 11) is 0. The molecule has 0 unspecified atom stereocenters. The summed E-state index contributed by atoms with van der Waals surface area (Å²) in [5, 5.41) is 20.7. The number of carbonyl (C=O) groups is 1. The van der Waals surface area contributed by atoms with Gasteiger partial charge in [0.1, 0.15) is 17.9 Å². The molecular weight excluding hydrogens is 408 g/mol. The number of non-ortho nitro benzene ring substituents is 1. The second-order valence-electron chi connectivity index (χ2n) is 5.92. The first-order chi connectivity index (χ1) is 13.8. The Balaban J connectivity index is 2.35. The van der Waals surface area contributed by atoms with Gasteiger partial charge in [0, 0.05) is 23.2 Å². The van der Waals surface area contributed by atoms with E-state index < -0.39 is 34.7 Å². The number of halogens is 1. The van der Waals surface area contributed by atoms with Gasteiger partial charge in [0.15, 0.2) is 5.76 Å². The molecule has 0 spiro atoms. The first-order valence-electron chi connectivity index (χ1n) is 8.34. The van der Waals surface area contributed by atoms with E-state index in [-0.39, 0.29) is 45.7 Å². The van der Waals surface area contributed by atoms with Crippen molar-refractivity contribution >= 4 is 23.3 Å². The standard InChI is InChI=1S/C18H15ClN2O8/c1-2-27-18(24)14-13(10-5-8(21(25)26)3-4-11(10)19)16-15(29-17(14)20)12(23)6-9(7-22)28-16/h3-6,13,22H,2,7,20H2,1H3/t13-/m1/s1. The van der Waals surface area contributed by atoms with Crippen molar-refractivity contribution in [3.8, 4) is 5.75 Å². The molecule has 0 aliphatic carbocycles. The van der Waals surface area contributed by atoms with Crippen molar-refractivity contribution < 1.29 is 28.7 Å². The summed E-state index contributed by atoms with van der Waals surface area (Å²) in [4.78, 5) is 35.6. The number of hydrogen-bond donors (Lipinski definition) is 2. The molecule has 1 atom stereocenters. The summed E-state index contributed by atoms with van der Waals surface area (Å²) in [6.07, 6.45) is 0. The SMILES string of the molecule is CCOC(=O)C1=C(N)Oc2c(oc(CO)cc2=O)[C@@H]1c1cc([N+](=O)[O-])ccc1Cl. The van der Waals surface area contributed by atoms with E-state index in [1.807, 2.05) is 0 Å². The largest absolute Gasteiger partial charge is 0.462 e. The topological polar surface area (TPSA) is 155 Å². The zero-order valence-corrected chi connectivity index (χ0v) is 15.8. The van der Waals surface area contributed by atoms with E-state index in [2.05, 4.69) is 0 Å². The molecule has 3 rings (SSSR count). The maximum Gasteiger partial charge on any atom is 0.340 e. The number of aliphatic hydroxyl groups is 1. The van der Waals surface area contributed by atoms with Crippen LogP contribution >= 0.6 is 11.6 Å². The van der Waals surface area contributed by atoms with Gasteiger partial charge in [-0.15, -0.1) is 0 Å². The van der Waals surface area contributed by atoms with E-state index in [0.717, 1.165) is 12.1 Å². The lowest BCUT2D eigenvalue weighted by Crippen LogP contribution is -2.30. The number of nitro benzene ring substituents is 1. The molecule has 0 saturated carbocycles. The van der Waals surface area contributed by atoms with E-state index in [4.69, 9.17) is 31.2 Å². The van der Waals surface area contributed by atoms with E-state index in [1.165, 1.54) is 12.1 Å². The van der Waals surface area contributed by atoms with Crippen molar-refractivity contribution in [2.45, 2.75) is 19.4 Å². The quantitative estimate of drug-likeness (QED) is 0.417. The Kier molecular flexibility index (Phi) is 5.57. The van der Waals surface area contributed by atoms with Crippen molar-refractivity contribution in [3.63, 3.8) is 0 Å². The highest BCUT2D eigenvalue weighted by molar-refractivity contribution is 6.31. The molecule has 1 aromatic carbocycles. The third-order valence-corrected chi connectivity index (χ3v) is 4.51. The lowest BCUT2D eigenvalue weighted by Gasteiger charge is -2.27. The maximum atomic E-state index is 12.6. The van der Waals surface area contributed by atoms with Crippen LogP contribution in [-0.4, -0.2) is 22.6 Å². The summed E-state index contributed by atoms with van der Waals surface area (Å²) >= 11 is 6.26. The molecule has 2 aromatic rings. The fraction of sp³-hybridized carbons (Fsp3) is 0.222. The Hall–Kier alpha value is -3.37. The predicted octanol–water partition coefficient (Wildman–Crippen LogP) is 1.95. The van der Waals surface area contributed by atoms with E-state index in [9.17, 15) is 24.8 Å². The third-order valence-electron chi connectivity index (χ3n) is 4.16. The number of hydrogen-bond acceptors (Lipinski definition) is 9. The van der Waals surface area contributed by atoms with E-state index >= 15 is 0 Å². The molecule has 2 heterocycles. The van der Waals surface area contributed by atoms with Crippen LogP contribution in [0.4, 0.5) is 5.69 Å². The number of rotatable bonds is 5. The van der Waals surface area contributed by atoms with Crippen LogP contribution in [0.15, 0.2) is 44.9 Å². The van der Waals surface area contributed by atoms with Crippen LogP contribution in [0.5, 0.6) is 5.75 Å². The second kappa shape index (κ2) is 7.94. The molecule has 0 radical (unpaired) electrons. The summed E-state index contributed by atoms with van der Waals surface area (Å²) < 4.78 is 15.9. The van der Waals surface area contributed by atoms with Crippen molar-refractivity contribution in [1.29, 1.82) is 0 Å². The Morgan fingerprint density at radius 2 is 2.14 bits per heavy atom. The fourth-order valence-electron chi connectivity index (χ4n) is 2.95. The molecule has 0 saturated heterocycles. The Labute approximate surface area is 168 Å². The molecule has 0 bridgehead atoms. The highest BCUT2D eigenvalue weighted by Crippen LogP contribution is 2.44. The predicted molar refractivity (Wildman–Crippen MR) is 99.3 cm³/mol. The van der Waals surface area contributed by atoms with Gasteiger partial charge in [-0.05, 0) is 18.6 Å². The van der Waals surface area contributed by atoms with Gasteiger partial charge in [-0.2, -0.15) is 0 Å². The summed E-state index contributed by atoms with van der Waals surface area (Å²) in [5.41, 5.74) is 4.77. The summed E-state index contributed by atoms with van der Waals surface area (Å²) in [6.45, 7) is 0.982. The molecule has 0 amide bonds. The van der Waals surface area contributed by atoms with Crippen LogP contribution < -0.4 is 15.9 Å². The minimum absolute atomic E-state index is 0.0124. The zero-order valence-electron chi connectivity index (χ0n) is 15.0. The Morgan fingerprint density at radius 3 is 2.76 bits per heavy atom. The average Bonchev–Trinajstić information content (AvgIpc) is 2.68. The molecule has 1 aliphatic heterocycles. The minimum atomic E-state index is -1.23. The molecule has 11 heteroatoms. The van der Waals surface area contributed by atoms with Gasteiger partial charge in [0.2, 0.25) is 17.1 Å². The number of nitrogens with zero attached hydrogens (tertiary/aromatic N) is 1. The van der Waals surface area contributed by atoms with Crippen LogP contribution in [0.25, 0.3) is 0 Å². The lowest BCUT2D eigenvalue weighted by atomic mass is 9.86. The summed E-state index contributed by atoms with van der Waals surface area (Å²) in [5.74, 6) is -3.13. The number of nitro groups is 1. The fourth-order valence-corrected chi connectivity index (χ4v) is 3.17. The van der Waals surface area contributed by atoms with Gasteiger partial charge in [0.05, 0.1) is 17.4 Å². The number of fused-ring (bicyclic) bond motifs is 1. The zero-order chi connectivity index (χ0) is 21.3. The Bertz CT molecular complexity index is 1090. The number of aliphatic hydroxyl groups excluding tert-OH is 1. The lowest BCUT2D eigenvalue weighted by molar-refractivity contribution is -0.384. The molecule has 1 aliphatic rings. The highest BCUT2D eigenvalue weighted by Gasteiger charge is 2.40. The van der Waals surface area contributed by atoms with Crippen molar-refractivity contribution in [3.05, 3.63) is 78.2 Å². The van der Waals surface area contributed by atoms with Gasteiger partial charge in [0.25, 0.3) is 5.69 Å². The van der Waals surface area contributed by atoms with Gasteiger partial charge >= 0.3 is 5.97 Å². The second-order valence-corrected chi connectivity index (χ2v) is 6.33. The number of nitrogens with two attached hydrogens (primary N) is 1. The van der Waals surface area contributed by atoms with Crippen molar-refractivity contribution in [1.82, 2.24) is 0 Å². The first-order valence-corrected chi connectivity index (χ1v) is 8.72. The minimum Gasteiger partial charge on any atom is -0.462 e. The number of ether oxygens (including phenoxy) is 2. The third kappa shape index (κ3) is 3.67. The highest BCUT2D eigenvalue weighted by atomic mass is 35.5. The van der Waals surface area contributed by atoms with Gasteiger partial charge in [-0.1, -0.05) is 11.6 Å². The number of carbonyl (C=O) groups excluding carboxylic acids is 1. The van der Waals surface area contributed by atoms with E-state index in [0.29, 0.717) is 0 Å². The van der Waals surface area contributed by atoms with Crippen LogP contribution in [0.1, 0.15) is 29.9 Å². The van der Waals surface area contributed by atoms with E-state index in [1.54, 1.807) is 6.92 Å². The van der Waals surface area contributed by atoms with Crippen LogP contribution in [-0.2, 0) is 16.1 Å². The normalized spacial score (nSPS) is 15.5. The number of benzene rings is 1. The molecule has 152 valence electrons. The smallest absolute Gasteiger partial charge is 0.340 e. The van der Waals surface area contributed by atoms with Crippen LogP contribution in [0, 0.1) is 10.1 Å². The average molecular weight is 423 g/mol. The van der Waals surface area contributed by atoms with Crippen LogP contribution in [0.2, 0.25) is 5.02 Å². The monoisotopic (exact) mass is 422 g/mol. The van der Waals surface area contributed by atoms with Crippen molar-refractivity contribution in [2.75, 3.05) is 6.61 Å². The maximum absolute atomic E-state index is 12.6. The van der Waals surface area contributed by atoms with Crippen molar-refractivity contribution in [2.24, 2.45) is 5.73 Å². The molecule has 3 N–H and O–H groups in total. The molecule has 10 nitrogen and oxygen atoms in total. The first kappa shape index (κ1) is 20.4. The number of esters is 1. The summed E-state index contributed by atoms with van der Waals surface area (Å²) in [6, 6.07) is 4.61. The Morgan fingerprint density at radius 1 is 1.41 bits per heavy atom. The molecule has 1 aromatic heterocycles. The molecule has 0 fully saturated rings. The molecular formula is C18H15ClN2O8. The van der Waals surface area contributed by atoms with Gasteiger partial charge < -0.3 is 24.7 Å².